The largest absolute Gasteiger partial charge is 0.384 e. The zero-order valence-corrected chi connectivity index (χ0v) is 11.2. The van der Waals surface area contributed by atoms with Crippen LogP contribution in [-0.4, -0.2) is 16.6 Å². The van der Waals surface area contributed by atoms with Crippen molar-refractivity contribution in [1.82, 2.24) is 0 Å². The van der Waals surface area contributed by atoms with E-state index < -0.39 is 10.5 Å². The summed E-state index contributed by atoms with van der Waals surface area (Å²) in [5, 5.41) is 27.7. The molecule has 2 N–H and O–H groups in total. The molecule has 0 spiro atoms. The normalized spacial score (nSPS) is 13.8. The summed E-state index contributed by atoms with van der Waals surface area (Å²) in [6.45, 7) is 2.06. The van der Waals surface area contributed by atoms with Crippen LogP contribution in [0, 0.1) is 10.1 Å². The first-order chi connectivity index (χ1) is 8.99. The second-order valence-electron chi connectivity index (χ2n) is 4.44. The summed E-state index contributed by atoms with van der Waals surface area (Å²) < 4.78 is 0. The Kier molecular flexibility index (Phi) is 3.82. The lowest BCUT2D eigenvalue weighted by molar-refractivity contribution is -0.384. The summed E-state index contributed by atoms with van der Waals surface area (Å²) in [6.07, 6.45) is 0. The molecule has 19 heavy (non-hydrogen) atoms. The summed E-state index contributed by atoms with van der Waals surface area (Å²) in [5.74, 6) is 0. The van der Waals surface area contributed by atoms with Gasteiger partial charge in [-0.2, -0.15) is 11.3 Å². The first-order valence-electron chi connectivity index (χ1n) is 5.72. The van der Waals surface area contributed by atoms with Crippen LogP contribution in [0.4, 0.5) is 11.4 Å². The van der Waals surface area contributed by atoms with Crippen molar-refractivity contribution < 1.29 is 10.0 Å². The molecular weight excluding hydrogens is 264 g/mol. The zero-order chi connectivity index (χ0) is 13.9. The van der Waals surface area contributed by atoms with Crippen molar-refractivity contribution >= 4 is 22.7 Å². The number of rotatable bonds is 5. The standard InChI is InChI=1S/C13H14N2O3S/c1-13(16,10-6-7-19-8-10)9-14-11-2-4-12(5-3-11)15(17)18/h2-8,14,16H,9H2,1H3/t13-/m0/s1. The number of hydrogen-bond donors (Lipinski definition) is 2. The van der Waals surface area contributed by atoms with Gasteiger partial charge in [-0.15, -0.1) is 0 Å². The Hall–Kier alpha value is -1.92. The van der Waals surface area contributed by atoms with E-state index in [0.29, 0.717) is 6.54 Å². The average molecular weight is 278 g/mol. The molecule has 6 heteroatoms. The lowest BCUT2D eigenvalue weighted by atomic mass is 9.99. The Morgan fingerprint density at radius 2 is 2.05 bits per heavy atom. The van der Waals surface area contributed by atoms with E-state index in [2.05, 4.69) is 5.32 Å². The number of benzene rings is 1. The van der Waals surface area contributed by atoms with Gasteiger partial charge in [0.25, 0.3) is 5.69 Å². The Morgan fingerprint density at radius 1 is 1.37 bits per heavy atom. The van der Waals surface area contributed by atoms with E-state index in [9.17, 15) is 15.2 Å². The fourth-order valence-electron chi connectivity index (χ4n) is 1.65. The molecule has 0 saturated heterocycles. The molecule has 0 radical (unpaired) electrons. The van der Waals surface area contributed by atoms with Crippen LogP contribution < -0.4 is 5.32 Å². The van der Waals surface area contributed by atoms with Crippen molar-refractivity contribution in [2.24, 2.45) is 0 Å². The monoisotopic (exact) mass is 278 g/mol. The third-order valence-corrected chi connectivity index (χ3v) is 3.54. The molecule has 0 aliphatic rings. The molecule has 0 bridgehead atoms. The Bertz CT molecular complexity index is 550. The fourth-order valence-corrected chi connectivity index (χ4v) is 2.43. The number of nitro benzene ring substituents is 1. The lowest BCUT2D eigenvalue weighted by Gasteiger charge is -2.23. The van der Waals surface area contributed by atoms with Crippen molar-refractivity contribution in [2.75, 3.05) is 11.9 Å². The number of anilines is 1. The summed E-state index contributed by atoms with van der Waals surface area (Å²) in [7, 11) is 0. The number of nitrogens with zero attached hydrogens (tertiary/aromatic N) is 1. The Balaban J connectivity index is 2.00. The highest BCUT2D eigenvalue weighted by Gasteiger charge is 2.23. The third kappa shape index (κ3) is 3.30. The van der Waals surface area contributed by atoms with E-state index in [-0.39, 0.29) is 5.69 Å². The maximum Gasteiger partial charge on any atom is 0.269 e. The molecule has 0 fully saturated rings. The molecule has 0 aliphatic carbocycles. The van der Waals surface area contributed by atoms with Gasteiger partial charge in [-0.05, 0) is 41.4 Å². The second kappa shape index (κ2) is 5.38. The van der Waals surface area contributed by atoms with Gasteiger partial charge in [0, 0.05) is 24.4 Å². The maximum absolute atomic E-state index is 10.5. The van der Waals surface area contributed by atoms with Crippen molar-refractivity contribution in [3.05, 3.63) is 56.8 Å². The van der Waals surface area contributed by atoms with Crippen LogP contribution in [0.15, 0.2) is 41.1 Å². The second-order valence-corrected chi connectivity index (χ2v) is 5.22. The Labute approximate surface area is 114 Å². The van der Waals surface area contributed by atoms with Gasteiger partial charge in [0.15, 0.2) is 0 Å². The summed E-state index contributed by atoms with van der Waals surface area (Å²) in [4.78, 5) is 10.1. The van der Waals surface area contributed by atoms with E-state index in [1.807, 2.05) is 16.8 Å². The Morgan fingerprint density at radius 3 is 2.58 bits per heavy atom. The highest BCUT2D eigenvalue weighted by Crippen LogP contribution is 2.24. The SMILES string of the molecule is C[C@](O)(CNc1ccc([N+](=O)[O-])cc1)c1ccsc1. The van der Waals surface area contributed by atoms with Crippen LogP contribution in [0.25, 0.3) is 0 Å². The molecule has 0 amide bonds. The maximum atomic E-state index is 10.5. The number of nitro groups is 1. The molecule has 1 aromatic heterocycles. The minimum absolute atomic E-state index is 0.0511. The fraction of sp³-hybridized carbons (Fsp3) is 0.231. The van der Waals surface area contributed by atoms with Crippen LogP contribution in [0.1, 0.15) is 12.5 Å². The van der Waals surface area contributed by atoms with Crippen LogP contribution >= 0.6 is 11.3 Å². The van der Waals surface area contributed by atoms with E-state index in [1.165, 1.54) is 23.5 Å². The van der Waals surface area contributed by atoms with Gasteiger partial charge in [0.1, 0.15) is 5.60 Å². The number of nitrogens with one attached hydrogen (secondary N) is 1. The topological polar surface area (TPSA) is 75.4 Å². The van der Waals surface area contributed by atoms with E-state index in [4.69, 9.17) is 0 Å². The van der Waals surface area contributed by atoms with Gasteiger partial charge < -0.3 is 10.4 Å². The van der Waals surface area contributed by atoms with Crippen molar-refractivity contribution in [2.45, 2.75) is 12.5 Å². The molecule has 0 unspecified atom stereocenters. The van der Waals surface area contributed by atoms with Gasteiger partial charge >= 0.3 is 0 Å². The molecule has 1 heterocycles. The van der Waals surface area contributed by atoms with Gasteiger partial charge in [-0.25, -0.2) is 0 Å². The predicted molar refractivity (Wildman–Crippen MR) is 75.5 cm³/mol. The van der Waals surface area contributed by atoms with Gasteiger partial charge in [-0.3, -0.25) is 10.1 Å². The van der Waals surface area contributed by atoms with Crippen LogP contribution in [0.2, 0.25) is 0 Å². The van der Waals surface area contributed by atoms with E-state index in [1.54, 1.807) is 19.1 Å². The minimum Gasteiger partial charge on any atom is -0.384 e. The van der Waals surface area contributed by atoms with Gasteiger partial charge in [0.05, 0.1) is 4.92 Å². The summed E-state index contributed by atoms with van der Waals surface area (Å²) >= 11 is 1.53. The molecule has 2 rings (SSSR count). The molecule has 0 saturated carbocycles. The molecule has 5 nitrogen and oxygen atoms in total. The van der Waals surface area contributed by atoms with Crippen LogP contribution in [0.5, 0.6) is 0 Å². The molecular formula is C13H14N2O3S. The van der Waals surface area contributed by atoms with Gasteiger partial charge in [0.2, 0.25) is 0 Å². The highest BCUT2D eigenvalue weighted by atomic mass is 32.1. The van der Waals surface area contributed by atoms with Crippen molar-refractivity contribution in [3.63, 3.8) is 0 Å². The molecule has 0 aliphatic heterocycles. The first-order valence-corrected chi connectivity index (χ1v) is 6.67. The molecule has 100 valence electrons. The minimum atomic E-state index is -0.970. The predicted octanol–water partition coefficient (Wildman–Crippen LogP) is 2.98. The smallest absolute Gasteiger partial charge is 0.269 e. The number of aliphatic hydroxyl groups is 1. The van der Waals surface area contributed by atoms with Crippen LogP contribution in [0.3, 0.4) is 0 Å². The number of hydrogen-bond acceptors (Lipinski definition) is 5. The lowest BCUT2D eigenvalue weighted by Crippen LogP contribution is -2.30. The average Bonchev–Trinajstić information content (AvgIpc) is 2.91. The molecule has 1 atom stereocenters. The number of thiophene rings is 1. The first kappa shape index (κ1) is 13.5. The van der Waals surface area contributed by atoms with E-state index >= 15 is 0 Å². The van der Waals surface area contributed by atoms with Crippen molar-refractivity contribution in [1.29, 1.82) is 0 Å². The zero-order valence-electron chi connectivity index (χ0n) is 10.4. The van der Waals surface area contributed by atoms with E-state index in [0.717, 1.165) is 11.3 Å². The van der Waals surface area contributed by atoms with Crippen molar-refractivity contribution in [3.8, 4) is 0 Å². The summed E-state index contributed by atoms with van der Waals surface area (Å²) in [5.41, 5.74) is 0.671. The summed E-state index contributed by atoms with van der Waals surface area (Å²) in [6, 6.07) is 8.00. The molecule has 2 aromatic rings. The highest BCUT2D eigenvalue weighted by molar-refractivity contribution is 7.08. The third-order valence-electron chi connectivity index (χ3n) is 2.86. The van der Waals surface area contributed by atoms with Gasteiger partial charge in [-0.1, -0.05) is 0 Å². The quantitative estimate of drug-likeness (QED) is 0.651. The van der Waals surface area contributed by atoms with Crippen LogP contribution in [-0.2, 0) is 5.60 Å². The number of non-ortho nitro benzene ring substituents is 1. The molecule has 1 aromatic carbocycles.